The molecule has 2 heterocycles. The maximum absolute atomic E-state index is 11.8. The summed E-state index contributed by atoms with van der Waals surface area (Å²) in [6.45, 7) is 2.08. The Morgan fingerprint density at radius 1 is 1.45 bits per heavy atom. The standard InChI is InChI=1S/C11H13N5O3S3/c1-2-19-8(18)3-6-4-20-10(13-6)14-7(17)5-21-11-16-15-9(12)22-11/h4H,2-3,5H2,1H3,(H2,12,15)(H,13,14,17). The van der Waals surface area contributed by atoms with E-state index in [0.29, 0.717) is 26.9 Å². The van der Waals surface area contributed by atoms with Gasteiger partial charge in [-0.2, -0.15) is 0 Å². The molecule has 22 heavy (non-hydrogen) atoms. The molecule has 1 amide bonds. The van der Waals surface area contributed by atoms with Crippen molar-refractivity contribution in [1.82, 2.24) is 15.2 Å². The minimum atomic E-state index is -0.338. The van der Waals surface area contributed by atoms with Crippen molar-refractivity contribution in [2.75, 3.05) is 23.4 Å². The van der Waals surface area contributed by atoms with E-state index >= 15 is 0 Å². The zero-order valence-electron chi connectivity index (χ0n) is 11.6. The van der Waals surface area contributed by atoms with Crippen molar-refractivity contribution in [1.29, 1.82) is 0 Å². The average molecular weight is 359 g/mol. The Morgan fingerprint density at radius 3 is 2.95 bits per heavy atom. The lowest BCUT2D eigenvalue weighted by molar-refractivity contribution is -0.142. The van der Waals surface area contributed by atoms with E-state index in [2.05, 4.69) is 20.5 Å². The van der Waals surface area contributed by atoms with Crippen molar-refractivity contribution in [3.63, 3.8) is 0 Å². The van der Waals surface area contributed by atoms with Gasteiger partial charge in [-0.05, 0) is 6.92 Å². The summed E-state index contributed by atoms with van der Waals surface area (Å²) in [5.41, 5.74) is 6.03. The molecular weight excluding hydrogens is 346 g/mol. The number of carbonyl (C=O) groups is 2. The molecule has 0 saturated heterocycles. The van der Waals surface area contributed by atoms with Crippen LogP contribution in [0.1, 0.15) is 12.6 Å². The number of hydrogen-bond donors (Lipinski definition) is 2. The van der Waals surface area contributed by atoms with Crippen LogP contribution in [0.3, 0.4) is 0 Å². The maximum Gasteiger partial charge on any atom is 0.311 e. The predicted molar refractivity (Wildman–Crippen MR) is 86.1 cm³/mol. The second-order valence-electron chi connectivity index (χ2n) is 3.87. The zero-order chi connectivity index (χ0) is 15.9. The van der Waals surface area contributed by atoms with Crippen LogP contribution in [0.25, 0.3) is 0 Å². The van der Waals surface area contributed by atoms with Crippen LogP contribution in [-0.2, 0) is 20.7 Å². The smallest absolute Gasteiger partial charge is 0.311 e. The molecule has 0 unspecified atom stereocenters. The van der Waals surface area contributed by atoms with Gasteiger partial charge in [0, 0.05) is 5.38 Å². The van der Waals surface area contributed by atoms with Gasteiger partial charge in [-0.1, -0.05) is 23.1 Å². The number of ether oxygens (including phenoxy) is 1. The molecule has 2 aromatic rings. The van der Waals surface area contributed by atoms with Crippen molar-refractivity contribution in [2.24, 2.45) is 0 Å². The van der Waals surface area contributed by atoms with E-state index in [9.17, 15) is 9.59 Å². The number of nitrogens with zero attached hydrogens (tertiary/aromatic N) is 3. The minimum absolute atomic E-state index is 0.0963. The highest BCUT2D eigenvalue weighted by Gasteiger charge is 2.11. The summed E-state index contributed by atoms with van der Waals surface area (Å²) in [5, 5.41) is 12.7. The van der Waals surface area contributed by atoms with Crippen LogP contribution in [0.2, 0.25) is 0 Å². The maximum atomic E-state index is 11.8. The van der Waals surface area contributed by atoms with Crippen LogP contribution in [0, 0.1) is 0 Å². The molecule has 3 N–H and O–H groups in total. The molecule has 0 aliphatic carbocycles. The molecule has 0 spiro atoms. The Kier molecular flexibility index (Phi) is 6.10. The lowest BCUT2D eigenvalue weighted by atomic mass is 10.3. The summed E-state index contributed by atoms with van der Waals surface area (Å²) in [6.07, 6.45) is 0.0963. The molecule has 0 aliphatic rings. The van der Waals surface area contributed by atoms with Crippen LogP contribution in [0.5, 0.6) is 0 Å². The van der Waals surface area contributed by atoms with Crippen molar-refractivity contribution >= 4 is 56.6 Å². The van der Waals surface area contributed by atoms with E-state index in [1.807, 2.05) is 0 Å². The fraction of sp³-hybridized carbons (Fsp3) is 0.364. The van der Waals surface area contributed by atoms with Crippen LogP contribution in [0.15, 0.2) is 9.72 Å². The number of carbonyl (C=O) groups excluding carboxylic acids is 2. The number of esters is 1. The molecule has 11 heteroatoms. The molecule has 118 valence electrons. The van der Waals surface area contributed by atoms with Crippen molar-refractivity contribution in [2.45, 2.75) is 17.7 Å². The van der Waals surface area contributed by atoms with Crippen molar-refractivity contribution < 1.29 is 14.3 Å². The molecule has 2 aromatic heterocycles. The van der Waals surface area contributed by atoms with E-state index in [-0.39, 0.29) is 24.1 Å². The van der Waals surface area contributed by atoms with Gasteiger partial charge in [0.15, 0.2) is 9.47 Å². The quantitative estimate of drug-likeness (QED) is 0.562. The number of thioether (sulfide) groups is 1. The first-order valence-corrected chi connectivity index (χ1v) is 8.86. The minimum Gasteiger partial charge on any atom is -0.466 e. The first kappa shape index (κ1) is 16.6. The lowest BCUT2D eigenvalue weighted by Crippen LogP contribution is -2.14. The molecule has 8 nitrogen and oxygen atoms in total. The fourth-order valence-electron chi connectivity index (χ4n) is 1.37. The first-order valence-electron chi connectivity index (χ1n) is 6.18. The molecule has 0 atom stereocenters. The van der Waals surface area contributed by atoms with Gasteiger partial charge in [0.05, 0.1) is 24.5 Å². The summed E-state index contributed by atoms with van der Waals surface area (Å²) in [5.74, 6) is -0.368. The van der Waals surface area contributed by atoms with Crippen LogP contribution >= 0.6 is 34.4 Å². The van der Waals surface area contributed by atoms with Gasteiger partial charge in [-0.3, -0.25) is 9.59 Å². The molecule has 2 rings (SSSR count). The normalized spacial score (nSPS) is 10.4. The van der Waals surface area contributed by atoms with Crippen LogP contribution in [0.4, 0.5) is 10.3 Å². The largest absolute Gasteiger partial charge is 0.466 e. The molecule has 0 bridgehead atoms. The zero-order valence-corrected chi connectivity index (χ0v) is 14.0. The third-order valence-electron chi connectivity index (χ3n) is 2.18. The van der Waals surface area contributed by atoms with Gasteiger partial charge in [-0.15, -0.1) is 21.5 Å². The Labute approximate surface area is 138 Å². The average Bonchev–Trinajstić information content (AvgIpc) is 3.06. The molecule has 0 aromatic carbocycles. The summed E-state index contributed by atoms with van der Waals surface area (Å²) in [6, 6.07) is 0. The summed E-state index contributed by atoms with van der Waals surface area (Å²) in [4.78, 5) is 27.3. The number of rotatable bonds is 7. The Morgan fingerprint density at radius 2 is 2.27 bits per heavy atom. The van der Waals surface area contributed by atoms with Crippen molar-refractivity contribution in [3.8, 4) is 0 Å². The SMILES string of the molecule is CCOC(=O)Cc1csc(NC(=O)CSc2nnc(N)s2)n1. The number of thiazole rings is 1. The van der Waals surface area contributed by atoms with Gasteiger partial charge in [-0.25, -0.2) is 4.98 Å². The van der Waals surface area contributed by atoms with E-state index in [4.69, 9.17) is 10.5 Å². The summed E-state index contributed by atoms with van der Waals surface area (Å²) < 4.78 is 5.47. The third-order valence-corrected chi connectivity index (χ3v) is 4.87. The predicted octanol–water partition coefficient (Wildman–Crippen LogP) is 1.41. The number of hydrogen-bond acceptors (Lipinski definition) is 10. The molecular formula is C11H13N5O3S3. The highest BCUT2D eigenvalue weighted by atomic mass is 32.2. The number of aromatic nitrogens is 3. The number of nitrogen functional groups attached to an aromatic ring is 1. The number of nitrogens with two attached hydrogens (primary N) is 1. The Bertz CT molecular complexity index is 657. The molecule has 0 radical (unpaired) electrons. The Hall–Kier alpha value is -1.72. The van der Waals surface area contributed by atoms with Gasteiger partial charge in [0.1, 0.15) is 0 Å². The van der Waals surface area contributed by atoms with Crippen molar-refractivity contribution in [3.05, 3.63) is 11.1 Å². The summed E-state index contributed by atoms with van der Waals surface area (Å²) >= 11 is 3.73. The monoisotopic (exact) mass is 359 g/mol. The van der Waals surface area contributed by atoms with Gasteiger partial charge >= 0.3 is 5.97 Å². The van der Waals surface area contributed by atoms with E-state index < -0.39 is 0 Å². The molecule has 0 fully saturated rings. The van der Waals surface area contributed by atoms with Crippen LogP contribution < -0.4 is 11.1 Å². The number of anilines is 2. The molecule has 0 aliphatic heterocycles. The highest BCUT2D eigenvalue weighted by Crippen LogP contribution is 2.24. The topological polar surface area (TPSA) is 120 Å². The number of nitrogens with one attached hydrogen (secondary N) is 1. The third kappa shape index (κ3) is 5.24. The first-order chi connectivity index (χ1) is 10.6. The highest BCUT2D eigenvalue weighted by molar-refractivity contribution is 8.01. The van der Waals surface area contributed by atoms with E-state index in [0.717, 1.165) is 0 Å². The van der Waals surface area contributed by atoms with Gasteiger partial charge in [0.2, 0.25) is 11.0 Å². The fourth-order valence-corrected chi connectivity index (χ4v) is 3.53. The molecule has 0 saturated carbocycles. The second-order valence-corrected chi connectivity index (χ2v) is 6.96. The second kappa shape index (κ2) is 8.06. The van der Waals surface area contributed by atoms with Gasteiger partial charge < -0.3 is 15.8 Å². The van der Waals surface area contributed by atoms with Gasteiger partial charge in [0.25, 0.3) is 0 Å². The number of amides is 1. The van der Waals surface area contributed by atoms with E-state index in [1.54, 1.807) is 12.3 Å². The lowest BCUT2D eigenvalue weighted by Gasteiger charge is -2.00. The Balaban J connectivity index is 1.79. The summed E-state index contributed by atoms with van der Waals surface area (Å²) in [7, 11) is 0. The van der Waals surface area contributed by atoms with E-state index in [1.165, 1.54) is 34.4 Å². The van der Waals surface area contributed by atoms with Crippen LogP contribution in [-0.4, -0.2) is 39.4 Å².